The molecule has 0 spiro atoms. The minimum Gasteiger partial charge on any atom is -0.490 e. The number of fused-ring (bicyclic) bond motifs is 1. The lowest BCUT2D eigenvalue weighted by Gasteiger charge is -2.27. The van der Waals surface area contributed by atoms with Crippen LogP contribution in [0.15, 0.2) is 40.9 Å². The van der Waals surface area contributed by atoms with Crippen LogP contribution in [-0.4, -0.2) is 28.6 Å². The Kier molecular flexibility index (Phi) is 6.33. The maximum Gasteiger partial charge on any atom is 0.258 e. The van der Waals surface area contributed by atoms with Crippen molar-refractivity contribution in [2.45, 2.75) is 52.2 Å². The van der Waals surface area contributed by atoms with E-state index < -0.39 is 0 Å². The zero-order valence-corrected chi connectivity index (χ0v) is 18.5. The normalized spacial score (nSPS) is 15.3. The summed E-state index contributed by atoms with van der Waals surface area (Å²) < 4.78 is 11.2. The number of carbonyl (C=O) groups excluding carboxylic acids is 1. The van der Waals surface area contributed by atoms with Crippen molar-refractivity contribution in [3.8, 4) is 34.7 Å². The molecule has 2 aromatic carbocycles. The average molecular weight is 431 g/mol. The van der Waals surface area contributed by atoms with E-state index in [1.54, 1.807) is 19.1 Å². The lowest BCUT2D eigenvalue weighted by molar-refractivity contribution is -0.116. The van der Waals surface area contributed by atoms with Gasteiger partial charge in [0.1, 0.15) is 17.6 Å². The number of hydrogen-bond acceptors (Lipinski definition) is 7. The molecule has 0 aliphatic heterocycles. The first-order chi connectivity index (χ1) is 15.5. The van der Waals surface area contributed by atoms with Crippen molar-refractivity contribution >= 4 is 5.78 Å². The van der Waals surface area contributed by atoms with Gasteiger partial charge >= 0.3 is 0 Å². The van der Waals surface area contributed by atoms with Crippen molar-refractivity contribution in [3.63, 3.8) is 0 Å². The molecule has 0 amide bonds. The van der Waals surface area contributed by atoms with Gasteiger partial charge in [-0.15, -0.1) is 0 Å². The summed E-state index contributed by atoms with van der Waals surface area (Å²) in [5.74, 6) is 1.53. The molecule has 7 heteroatoms. The maximum atomic E-state index is 11.4. The van der Waals surface area contributed by atoms with Gasteiger partial charge in [-0.2, -0.15) is 10.2 Å². The van der Waals surface area contributed by atoms with Gasteiger partial charge in [0.25, 0.3) is 5.89 Å². The molecule has 3 aromatic rings. The Morgan fingerprint density at radius 1 is 1.34 bits per heavy atom. The lowest BCUT2D eigenvalue weighted by Crippen LogP contribution is -2.29. The van der Waals surface area contributed by atoms with Crippen molar-refractivity contribution in [2.24, 2.45) is 0 Å². The molecule has 1 aromatic heterocycles. The summed E-state index contributed by atoms with van der Waals surface area (Å²) in [6, 6.07) is 13.7. The second-order valence-corrected chi connectivity index (χ2v) is 8.31. The van der Waals surface area contributed by atoms with E-state index in [1.807, 2.05) is 32.0 Å². The van der Waals surface area contributed by atoms with E-state index in [1.165, 1.54) is 11.1 Å². The molecule has 32 heavy (non-hydrogen) atoms. The fourth-order valence-electron chi connectivity index (χ4n) is 4.09. The third-order valence-electron chi connectivity index (χ3n) is 5.48. The van der Waals surface area contributed by atoms with Crippen LogP contribution in [0.5, 0.6) is 5.75 Å². The first kappa shape index (κ1) is 21.7. The number of hydrogen-bond donors (Lipinski definition) is 1. The predicted octanol–water partition coefficient (Wildman–Crippen LogP) is 4.62. The van der Waals surface area contributed by atoms with Crippen molar-refractivity contribution in [1.29, 1.82) is 5.26 Å². The molecular formula is C25H26N4O3. The van der Waals surface area contributed by atoms with E-state index in [9.17, 15) is 10.1 Å². The van der Waals surface area contributed by atoms with Crippen LogP contribution in [0.2, 0.25) is 0 Å². The summed E-state index contributed by atoms with van der Waals surface area (Å²) in [4.78, 5) is 16.0. The molecule has 1 heterocycles. The van der Waals surface area contributed by atoms with Crippen molar-refractivity contribution in [2.75, 3.05) is 6.54 Å². The number of nitrogens with one attached hydrogen (secondary N) is 1. The largest absolute Gasteiger partial charge is 0.490 e. The third kappa shape index (κ3) is 4.56. The second kappa shape index (κ2) is 9.33. The molecule has 7 nitrogen and oxygen atoms in total. The van der Waals surface area contributed by atoms with Gasteiger partial charge in [-0.1, -0.05) is 23.4 Å². The SMILES string of the molecule is CC(=O)CN[C@@H]1CCCc2c(-c3noc(-c4ccc(OC(C)C)c(C#N)c4)n3)cccc21. The number of rotatable bonds is 7. The van der Waals surface area contributed by atoms with Gasteiger partial charge in [0, 0.05) is 17.2 Å². The fourth-order valence-corrected chi connectivity index (χ4v) is 4.09. The van der Waals surface area contributed by atoms with Crippen LogP contribution in [0, 0.1) is 11.3 Å². The van der Waals surface area contributed by atoms with E-state index in [2.05, 4.69) is 27.6 Å². The Balaban J connectivity index is 1.64. The molecule has 164 valence electrons. The Bertz CT molecular complexity index is 1180. The van der Waals surface area contributed by atoms with Crippen LogP contribution in [0.4, 0.5) is 0 Å². The van der Waals surface area contributed by atoms with Gasteiger partial charge in [0.15, 0.2) is 0 Å². The van der Waals surface area contributed by atoms with Gasteiger partial charge in [-0.05, 0) is 69.4 Å². The minimum atomic E-state index is -0.0269. The smallest absolute Gasteiger partial charge is 0.258 e. The molecule has 1 aliphatic carbocycles. The van der Waals surface area contributed by atoms with Crippen LogP contribution < -0.4 is 10.1 Å². The molecular weight excluding hydrogens is 404 g/mol. The fraction of sp³-hybridized carbons (Fsp3) is 0.360. The Morgan fingerprint density at radius 3 is 2.94 bits per heavy atom. The Hall–Kier alpha value is -3.50. The summed E-state index contributed by atoms with van der Waals surface area (Å²) in [6.45, 7) is 5.78. The molecule has 0 fully saturated rings. The van der Waals surface area contributed by atoms with E-state index in [4.69, 9.17) is 9.26 Å². The van der Waals surface area contributed by atoms with Crippen LogP contribution in [0.25, 0.3) is 22.8 Å². The van der Waals surface area contributed by atoms with E-state index in [0.717, 1.165) is 24.8 Å². The summed E-state index contributed by atoms with van der Waals surface area (Å²) in [5, 5.41) is 17.1. The van der Waals surface area contributed by atoms with Gasteiger partial charge in [-0.25, -0.2) is 0 Å². The number of benzene rings is 2. The van der Waals surface area contributed by atoms with Crippen molar-refractivity contribution in [1.82, 2.24) is 15.5 Å². The molecule has 0 saturated carbocycles. The third-order valence-corrected chi connectivity index (χ3v) is 5.48. The van der Waals surface area contributed by atoms with E-state index in [0.29, 0.717) is 35.1 Å². The summed E-state index contributed by atoms with van der Waals surface area (Å²) >= 11 is 0. The Morgan fingerprint density at radius 2 is 2.19 bits per heavy atom. The molecule has 1 N–H and O–H groups in total. The van der Waals surface area contributed by atoms with Crippen LogP contribution in [0.3, 0.4) is 0 Å². The topological polar surface area (TPSA) is 101 Å². The summed E-state index contributed by atoms with van der Waals surface area (Å²) in [6.07, 6.45) is 2.91. The second-order valence-electron chi connectivity index (χ2n) is 8.31. The number of Topliss-reactive ketones (excluding diaryl/α,β-unsaturated/α-hetero) is 1. The highest BCUT2D eigenvalue weighted by Crippen LogP contribution is 2.36. The summed E-state index contributed by atoms with van der Waals surface area (Å²) in [7, 11) is 0. The van der Waals surface area contributed by atoms with Gasteiger partial charge in [0.2, 0.25) is 5.82 Å². The molecule has 0 unspecified atom stereocenters. The highest BCUT2D eigenvalue weighted by atomic mass is 16.5. The average Bonchev–Trinajstić information content (AvgIpc) is 3.27. The van der Waals surface area contributed by atoms with Gasteiger partial charge in [-0.3, -0.25) is 4.79 Å². The highest BCUT2D eigenvalue weighted by Gasteiger charge is 2.24. The highest BCUT2D eigenvalue weighted by molar-refractivity contribution is 5.77. The molecule has 1 atom stereocenters. The molecule has 0 bridgehead atoms. The van der Waals surface area contributed by atoms with Crippen molar-refractivity contribution in [3.05, 3.63) is 53.1 Å². The molecule has 0 radical (unpaired) electrons. The first-order valence-corrected chi connectivity index (χ1v) is 10.9. The zero-order chi connectivity index (χ0) is 22.7. The quantitative estimate of drug-likeness (QED) is 0.584. The van der Waals surface area contributed by atoms with Gasteiger partial charge < -0.3 is 14.6 Å². The minimum absolute atomic E-state index is 0.0269. The van der Waals surface area contributed by atoms with Crippen LogP contribution in [0.1, 0.15) is 56.3 Å². The Labute approximate surface area is 187 Å². The van der Waals surface area contributed by atoms with Gasteiger partial charge in [0.05, 0.1) is 18.2 Å². The number of aromatic nitrogens is 2. The summed E-state index contributed by atoms with van der Waals surface area (Å²) in [5.41, 5.74) is 4.40. The first-order valence-electron chi connectivity index (χ1n) is 10.9. The van der Waals surface area contributed by atoms with E-state index in [-0.39, 0.29) is 17.9 Å². The molecule has 0 saturated heterocycles. The molecule has 1 aliphatic rings. The number of nitriles is 1. The van der Waals surface area contributed by atoms with Crippen molar-refractivity contribution < 1.29 is 14.1 Å². The lowest BCUT2D eigenvalue weighted by atomic mass is 9.84. The monoisotopic (exact) mass is 430 g/mol. The zero-order valence-electron chi connectivity index (χ0n) is 18.5. The standard InChI is InChI=1S/C25H26N4O3/c1-15(2)31-23-11-10-17(12-18(23)13-26)25-28-24(29-32-25)21-8-4-7-20-19(21)6-5-9-22(20)27-14-16(3)30/h4,7-8,10-12,15,22,27H,5-6,9,14H2,1-3H3/t22-/m1/s1. The number of ketones is 1. The van der Waals surface area contributed by atoms with Crippen LogP contribution in [-0.2, 0) is 11.2 Å². The number of nitrogens with zero attached hydrogens (tertiary/aromatic N) is 3. The predicted molar refractivity (Wildman–Crippen MR) is 120 cm³/mol. The van der Waals surface area contributed by atoms with Crippen LogP contribution >= 0.6 is 0 Å². The number of carbonyl (C=O) groups is 1. The van der Waals surface area contributed by atoms with E-state index >= 15 is 0 Å². The molecule has 4 rings (SSSR count). The maximum absolute atomic E-state index is 11.4. The number of ether oxygens (including phenoxy) is 1.